The SMILES string of the molecule is COCCCN1/C(=C/C=C2\CC/C(=C\C=C3\N(CCCOC)c4ccc(C)cc4C3(C)C)C2=[N+](C)Cc2cc[n+](Cc3ccccc3)cc2)C(C)(C)c2cc(C)ccc21. The van der Waals surface area contributed by atoms with Crippen molar-refractivity contribution in [1.82, 2.24) is 0 Å². The van der Waals surface area contributed by atoms with E-state index in [0.717, 1.165) is 65.1 Å². The highest BCUT2D eigenvalue weighted by Gasteiger charge is 2.41. The molecule has 3 heterocycles. The number of benzene rings is 3. The number of nitrogens with zero attached hydrogens (tertiary/aromatic N) is 4. The molecule has 308 valence electrons. The van der Waals surface area contributed by atoms with Crippen LogP contribution in [-0.2, 0) is 33.4 Å². The maximum Gasteiger partial charge on any atom is 0.206 e. The number of hydrogen-bond donors (Lipinski definition) is 0. The zero-order valence-electron chi connectivity index (χ0n) is 37.1. The van der Waals surface area contributed by atoms with E-state index in [0.29, 0.717) is 0 Å². The quantitative estimate of drug-likeness (QED) is 0.0941. The molecule has 0 amide bonds. The highest BCUT2D eigenvalue weighted by atomic mass is 16.5. The molecule has 1 aromatic heterocycles. The molecule has 4 aromatic rings. The summed E-state index contributed by atoms with van der Waals surface area (Å²) in [5.74, 6) is 0. The van der Waals surface area contributed by atoms with Crippen LogP contribution in [0.15, 0.2) is 138 Å². The molecule has 0 bridgehead atoms. The van der Waals surface area contributed by atoms with Gasteiger partial charge in [0.25, 0.3) is 0 Å². The number of fused-ring (bicyclic) bond motifs is 2. The van der Waals surface area contributed by atoms with Crippen LogP contribution in [0.25, 0.3) is 0 Å². The first kappa shape index (κ1) is 42.1. The molecule has 0 spiro atoms. The average Bonchev–Trinajstić information content (AvgIpc) is 3.79. The summed E-state index contributed by atoms with van der Waals surface area (Å²) in [5.41, 5.74) is 17.2. The Morgan fingerprint density at radius 2 is 1.14 bits per heavy atom. The lowest BCUT2D eigenvalue weighted by atomic mass is 9.83. The number of anilines is 2. The third kappa shape index (κ3) is 8.95. The summed E-state index contributed by atoms with van der Waals surface area (Å²) in [6.07, 6.45) is 18.1. The van der Waals surface area contributed by atoms with Gasteiger partial charge in [0.1, 0.15) is 7.05 Å². The van der Waals surface area contributed by atoms with E-state index in [4.69, 9.17) is 9.47 Å². The van der Waals surface area contributed by atoms with Crippen molar-refractivity contribution >= 4 is 17.1 Å². The number of ether oxygens (including phenoxy) is 2. The number of methoxy groups -OCH3 is 2. The zero-order chi connectivity index (χ0) is 41.7. The number of rotatable bonds is 14. The number of pyridine rings is 1. The molecule has 3 aromatic carbocycles. The van der Waals surface area contributed by atoms with Crippen molar-refractivity contribution in [2.45, 2.75) is 91.1 Å². The van der Waals surface area contributed by atoms with E-state index in [2.05, 4.69) is 183 Å². The minimum absolute atomic E-state index is 0.119. The first-order chi connectivity index (χ1) is 28.4. The molecule has 1 saturated carbocycles. The molecule has 0 saturated heterocycles. The summed E-state index contributed by atoms with van der Waals surface area (Å²) in [6, 6.07) is 29.1. The molecule has 2 aliphatic heterocycles. The van der Waals surface area contributed by atoms with E-state index in [1.54, 1.807) is 14.2 Å². The van der Waals surface area contributed by atoms with E-state index >= 15 is 0 Å². The molecule has 7 rings (SSSR count). The van der Waals surface area contributed by atoms with Gasteiger partial charge < -0.3 is 19.3 Å². The predicted molar refractivity (Wildman–Crippen MR) is 245 cm³/mol. The van der Waals surface area contributed by atoms with Crippen molar-refractivity contribution in [2.24, 2.45) is 0 Å². The first-order valence-electron chi connectivity index (χ1n) is 21.6. The lowest BCUT2D eigenvalue weighted by Crippen LogP contribution is -2.33. The Morgan fingerprint density at radius 1 is 0.644 bits per heavy atom. The van der Waals surface area contributed by atoms with Crippen LogP contribution in [0.3, 0.4) is 0 Å². The smallest absolute Gasteiger partial charge is 0.206 e. The summed E-state index contributed by atoms with van der Waals surface area (Å²) in [5, 5.41) is 0. The molecular weight excluding hydrogens is 725 g/mol. The molecule has 59 heavy (non-hydrogen) atoms. The van der Waals surface area contributed by atoms with E-state index in [-0.39, 0.29) is 10.8 Å². The van der Waals surface area contributed by atoms with E-state index in [1.165, 1.54) is 73.0 Å². The maximum atomic E-state index is 5.51. The Kier molecular flexibility index (Phi) is 12.9. The van der Waals surface area contributed by atoms with Crippen LogP contribution in [0, 0.1) is 13.8 Å². The fraction of sp³-hybridized carbons (Fsp3) is 0.396. The summed E-state index contributed by atoms with van der Waals surface area (Å²) in [6.45, 7) is 19.0. The van der Waals surface area contributed by atoms with Gasteiger partial charge in [-0.05, 0) is 74.9 Å². The van der Waals surface area contributed by atoms with Gasteiger partial charge in [0.15, 0.2) is 25.5 Å². The van der Waals surface area contributed by atoms with Crippen molar-refractivity contribution < 1.29 is 18.6 Å². The highest BCUT2D eigenvalue weighted by molar-refractivity contribution is 6.12. The van der Waals surface area contributed by atoms with Gasteiger partial charge in [0.05, 0.1) is 0 Å². The second-order valence-electron chi connectivity index (χ2n) is 17.8. The third-order valence-corrected chi connectivity index (χ3v) is 12.7. The molecular formula is C53H66N4O2+2. The van der Waals surface area contributed by atoms with Crippen LogP contribution in [0.1, 0.15) is 86.8 Å². The summed E-state index contributed by atoms with van der Waals surface area (Å²) < 4.78 is 15.8. The minimum atomic E-state index is -0.119. The van der Waals surface area contributed by atoms with Crippen LogP contribution < -0.4 is 14.4 Å². The molecule has 0 N–H and O–H groups in total. The van der Waals surface area contributed by atoms with Crippen LogP contribution in [0.2, 0.25) is 0 Å². The normalized spacial score (nSPS) is 19.4. The second-order valence-corrected chi connectivity index (χ2v) is 17.8. The lowest BCUT2D eigenvalue weighted by molar-refractivity contribution is -0.688. The van der Waals surface area contributed by atoms with Crippen molar-refractivity contribution in [3.63, 3.8) is 0 Å². The van der Waals surface area contributed by atoms with E-state index < -0.39 is 0 Å². The standard InChI is InChI=1S/C53H66N4O2/c1-39-17-23-47-45(35-39)52(3,4)49(56(47)29-13-33-58-8)25-21-43-19-20-44(51(43)54(7)37-42-27-31-55(32-28-42)38-41-15-11-10-12-16-41)22-26-50-53(5,6)46-36-40(2)18-24-48(46)57(50)30-14-34-59-9/h10-12,15-18,21-28,31-32,35-36H,13-14,19-20,29-30,33-34,37-38H2,1-9H3/q+2. The molecule has 6 heteroatoms. The average molecular weight is 791 g/mol. The molecule has 0 unspecified atom stereocenters. The number of aryl methyl sites for hydroxylation is 2. The lowest BCUT2D eigenvalue weighted by Gasteiger charge is -2.27. The molecule has 0 radical (unpaired) electrons. The summed E-state index contributed by atoms with van der Waals surface area (Å²) in [4.78, 5) is 5.08. The monoisotopic (exact) mass is 791 g/mol. The fourth-order valence-electron chi connectivity index (χ4n) is 9.53. The van der Waals surface area contributed by atoms with Crippen LogP contribution in [-0.4, -0.2) is 57.9 Å². The summed E-state index contributed by atoms with van der Waals surface area (Å²) in [7, 11) is 5.87. The Labute approximate surface area is 354 Å². The van der Waals surface area contributed by atoms with Crippen LogP contribution in [0.5, 0.6) is 0 Å². The number of hydrogen-bond acceptors (Lipinski definition) is 4. The highest BCUT2D eigenvalue weighted by Crippen LogP contribution is 2.49. The Bertz CT molecular complexity index is 2180. The van der Waals surface area contributed by atoms with Crippen molar-refractivity contribution in [1.29, 1.82) is 0 Å². The van der Waals surface area contributed by atoms with Gasteiger partial charge in [-0.2, -0.15) is 0 Å². The first-order valence-corrected chi connectivity index (χ1v) is 21.6. The molecule has 1 fully saturated rings. The van der Waals surface area contributed by atoms with Gasteiger partial charge >= 0.3 is 0 Å². The van der Waals surface area contributed by atoms with Crippen molar-refractivity contribution in [3.8, 4) is 0 Å². The predicted octanol–water partition coefficient (Wildman–Crippen LogP) is 10.3. The van der Waals surface area contributed by atoms with Crippen molar-refractivity contribution in [2.75, 3.05) is 57.4 Å². The largest absolute Gasteiger partial charge is 0.385 e. The molecule has 3 aliphatic rings. The Balaban J connectivity index is 1.28. The second kappa shape index (κ2) is 18.1. The van der Waals surface area contributed by atoms with Gasteiger partial charge in [-0.1, -0.05) is 106 Å². The minimum Gasteiger partial charge on any atom is -0.385 e. The molecule has 6 nitrogen and oxygen atoms in total. The molecule has 0 atom stereocenters. The van der Waals surface area contributed by atoms with Crippen LogP contribution >= 0.6 is 0 Å². The van der Waals surface area contributed by atoms with E-state index in [9.17, 15) is 0 Å². The Morgan fingerprint density at radius 3 is 1.61 bits per heavy atom. The van der Waals surface area contributed by atoms with Gasteiger partial charge in [-0.15, -0.1) is 0 Å². The van der Waals surface area contributed by atoms with Gasteiger partial charge in [-0.3, -0.25) is 0 Å². The van der Waals surface area contributed by atoms with E-state index in [1.807, 2.05) is 0 Å². The third-order valence-electron chi connectivity index (χ3n) is 12.7. The van der Waals surface area contributed by atoms with Crippen molar-refractivity contribution in [3.05, 3.63) is 171 Å². The molecule has 1 aliphatic carbocycles. The topological polar surface area (TPSA) is 31.8 Å². The van der Waals surface area contributed by atoms with Gasteiger partial charge in [-0.25, -0.2) is 9.14 Å². The van der Waals surface area contributed by atoms with Gasteiger partial charge in [0.2, 0.25) is 5.71 Å². The number of aromatic nitrogens is 1. The maximum absolute atomic E-state index is 5.51. The fourth-order valence-corrected chi connectivity index (χ4v) is 9.53. The van der Waals surface area contributed by atoms with Crippen LogP contribution in [0.4, 0.5) is 11.4 Å². The zero-order valence-corrected chi connectivity index (χ0v) is 37.1. The van der Waals surface area contributed by atoms with Gasteiger partial charge in [0, 0.05) is 109 Å². The summed E-state index contributed by atoms with van der Waals surface area (Å²) >= 11 is 0. The Hall–Kier alpha value is -5.04. The number of allylic oxidation sites excluding steroid dienone is 8.